The summed E-state index contributed by atoms with van der Waals surface area (Å²) in [7, 11) is 0. The van der Waals surface area contributed by atoms with Gasteiger partial charge < -0.3 is 9.94 Å². The molecule has 0 radical (unpaired) electrons. The summed E-state index contributed by atoms with van der Waals surface area (Å²) in [5.74, 6) is -0.788. The summed E-state index contributed by atoms with van der Waals surface area (Å²) in [5.41, 5.74) is 1.82. The molecule has 18 heavy (non-hydrogen) atoms. The van der Waals surface area contributed by atoms with E-state index in [1.54, 1.807) is 31.2 Å². The van der Waals surface area contributed by atoms with Crippen molar-refractivity contribution >= 4 is 24.2 Å². The second-order valence-corrected chi connectivity index (χ2v) is 4.17. The van der Waals surface area contributed by atoms with E-state index in [2.05, 4.69) is 0 Å². The predicted molar refractivity (Wildman–Crippen MR) is 65.8 cm³/mol. The van der Waals surface area contributed by atoms with Crippen molar-refractivity contribution in [3.8, 4) is 0 Å². The fraction of sp³-hybridized carbons (Fsp3) is 0.333. The molecular formula is C12H14ClNO4. The number of fused-ring (bicyclic) bond motifs is 1. The Kier molecular flexibility index (Phi) is 4.11. The number of ketones is 1. The third-order valence-electron chi connectivity index (χ3n) is 3.03. The molecule has 0 aliphatic heterocycles. The van der Waals surface area contributed by atoms with Crippen LogP contribution in [0, 0.1) is 0 Å². The lowest BCUT2D eigenvalue weighted by atomic mass is 9.95. The number of benzene rings is 1. The van der Waals surface area contributed by atoms with Gasteiger partial charge in [0.2, 0.25) is 0 Å². The summed E-state index contributed by atoms with van der Waals surface area (Å²) in [6, 6.07) is 5.88. The van der Waals surface area contributed by atoms with Crippen molar-refractivity contribution in [1.29, 1.82) is 0 Å². The molecule has 1 aliphatic rings. The third-order valence-corrected chi connectivity index (χ3v) is 3.03. The van der Waals surface area contributed by atoms with Gasteiger partial charge in [0.1, 0.15) is 6.04 Å². The molecule has 98 valence electrons. The van der Waals surface area contributed by atoms with E-state index in [4.69, 9.17) is 9.94 Å². The van der Waals surface area contributed by atoms with E-state index in [1.807, 2.05) is 5.48 Å². The van der Waals surface area contributed by atoms with Crippen LogP contribution in [0.5, 0.6) is 0 Å². The summed E-state index contributed by atoms with van der Waals surface area (Å²) in [4.78, 5) is 23.2. The number of rotatable bonds is 2. The molecule has 6 heteroatoms. The van der Waals surface area contributed by atoms with Crippen LogP contribution in [-0.2, 0) is 15.1 Å². The summed E-state index contributed by atoms with van der Waals surface area (Å²) >= 11 is 0. The van der Waals surface area contributed by atoms with E-state index in [1.165, 1.54) is 6.92 Å². The minimum Gasteiger partial charge on any atom is -0.452 e. The highest BCUT2D eigenvalue weighted by molar-refractivity contribution is 6.06. The molecule has 5 nitrogen and oxygen atoms in total. The van der Waals surface area contributed by atoms with Gasteiger partial charge >= 0.3 is 5.97 Å². The smallest absolute Gasteiger partial charge is 0.303 e. The van der Waals surface area contributed by atoms with Crippen molar-refractivity contribution in [1.82, 2.24) is 5.48 Å². The topological polar surface area (TPSA) is 75.6 Å². The fourth-order valence-corrected chi connectivity index (χ4v) is 2.29. The van der Waals surface area contributed by atoms with E-state index in [0.717, 1.165) is 0 Å². The highest BCUT2D eigenvalue weighted by atomic mass is 35.5. The molecule has 0 fully saturated rings. The number of Topliss-reactive ketones (excluding diaryl/α,β-unsaturated/α-hetero) is 1. The average molecular weight is 272 g/mol. The zero-order chi connectivity index (χ0) is 12.6. The number of carbonyl (C=O) groups is 2. The Labute approximate surface area is 111 Å². The van der Waals surface area contributed by atoms with E-state index < -0.39 is 17.6 Å². The third kappa shape index (κ3) is 2.01. The lowest BCUT2D eigenvalue weighted by molar-refractivity contribution is -0.160. The number of hydroxylamine groups is 1. The van der Waals surface area contributed by atoms with Gasteiger partial charge in [0.25, 0.3) is 0 Å². The molecule has 0 amide bonds. The molecular weight excluding hydrogens is 258 g/mol. The lowest BCUT2D eigenvalue weighted by Gasteiger charge is -2.29. The first-order chi connectivity index (χ1) is 8.00. The Bertz CT molecular complexity index is 491. The molecule has 0 spiro atoms. The van der Waals surface area contributed by atoms with Crippen LogP contribution in [0.2, 0.25) is 0 Å². The highest BCUT2D eigenvalue weighted by Gasteiger charge is 2.51. The van der Waals surface area contributed by atoms with Crippen LogP contribution < -0.4 is 5.48 Å². The van der Waals surface area contributed by atoms with E-state index in [0.29, 0.717) is 11.1 Å². The standard InChI is InChI=1S/C12H13NO4.ClH/c1-7(14)17-12(2)9-6-4-3-5-8(9)10(15)11(12)13-16;/h3-6,11,13,16H,1-2H3;1H. The molecule has 0 heterocycles. The Morgan fingerprint density at radius 1 is 1.44 bits per heavy atom. The first-order valence-electron chi connectivity index (χ1n) is 5.23. The zero-order valence-corrected chi connectivity index (χ0v) is 10.8. The lowest BCUT2D eigenvalue weighted by Crippen LogP contribution is -2.47. The SMILES string of the molecule is CC(=O)OC1(C)c2ccccc2C(=O)C1NO.Cl. The van der Waals surface area contributed by atoms with Crippen molar-refractivity contribution < 1.29 is 19.5 Å². The quantitative estimate of drug-likeness (QED) is 0.629. The fourth-order valence-electron chi connectivity index (χ4n) is 2.29. The minimum atomic E-state index is -1.17. The van der Waals surface area contributed by atoms with Gasteiger partial charge in [-0.05, 0) is 6.92 Å². The Morgan fingerprint density at radius 3 is 2.61 bits per heavy atom. The number of carbonyl (C=O) groups excluding carboxylic acids is 2. The average Bonchev–Trinajstić information content (AvgIpc) is 2.48. The molecule has 2 atom stereocenters. The first kappa shape index (κ1) is 14.6. The minimum absolute atomic E-state index is 0. The van der Waals surface area contributed by atoms with Gasteiger partial charge in [0, 0.05) is 18.1 Å². The molecule has 0 saturated carbocycles. The van der Waals surface area contributed by atoms with Crippen LogP contribution in [0.15, 0.2) is 24.3 Å². The normalized spacial score (nSPS) is 25.3. The van der Waals surface area contributed by atoms with Crippen molar-refractivity contribution in [3.63, 3.8) is 0 Å². The van der Waals surface area contributed by atoms with E-state index >= 15 is 0 Å². The summed E-state index contributed by atoms with van der Waals surface area (Å²) < 4.78 is 5.22. The van der Waals surface area contributed by atoms with Gasteiger partial charge in [0.15, 0.2) is 11.4 Å². The van der Waals surface area contributed by atoms with Crippen molar-refractivity contribution in [2.75, 3.05) is 0 Å². The molecule has 2 rings (SSSR count). The monoisotopic (exact) mass is 271 g/mol. The Morgan fingerprint density at radius 2 is 2.06 bits per heavy atom. The van der Waals surface area contributed by atoms with Crippen LogP contribution >= 0.6 is 12.4 Å². The van der Waals surface area contributed by atoms with Gasteiger partial charge in [-0.25, -0.2) is 0 Å². The van der Waals surface area contributed by atoms with E-state index in [9.17, 15) is 9.59 Å². The van der Waals surface area contributed by atoms with E-state index in [-0.39, 0.29) is 18.2 Å². The summed E-state index contributed by atoms with van der Waals surface area (Å²) in [5, 5.41) is 9.09. The molecule has 0 aromatic heterocycles. The van der Waals surface area contributed by atoms with Crippen LogP contribution in [0.1, 0.15) is 29.8 Å². The number of ether oxygens (including phenoxy) is 1. The highest BCUT2D eigenvalue weighted by Crippen LogP contribution is 2.39. The first-order valence-corrected chi connectivity index (χ1v) is 5.23. The van der Waals surface area contributed by atoms with Crippen LogP contribution in [0.3, 0.4) is 0 Å². The molecule has 2 N–H and O–H groups in total. The van der Waals surface area contributed by atoms with Crippen LogP contribution in [0.25, 0.3) is 0 Å². The second kappa shape index (κ2) is 5.06. The number of nitrogens with one attached hydrogen (secondary N) is 1. The predicted octanol–water partition coefficient (Wildman–Crippen LogP) is 1.43. The van der Waals surface area contributed by atoms with Crippen molar-refractivity contribution in [2.45, 2.75) is 25.5 Å². The van der Waals surface area contributed by atoms with Gasteiger partial charge in [-0.15, -0.1) is 12.4 Å². The van der Waals surface area contributed by atoms with Crippen molar-refractivity contribution in [2.24, 2.45) is 0 Å². The maximum atomic E-state index is 12.0. The molecule has 1 aliphatic carbocycles. The maximum absolute atomic E-state index is 12.0. The molecule has 0 saturated heterocycles. The van der Waals surface area contributed by atoms with Gasteiger partial charge in [0.05, 0.1) is 0 Å². The second-order valence-electron chi connectivity index (χ2n) is 4.17. The number of esters is 1. The van der Waals surface area contributed by atoms with Gasteiger partial charge in [-0.1, -0.05) is 24.3 Å². The maximum Gasteiger partial charge on any atom is 0.303 e. The van der Waals surface area contributed by atoms with Crippen LogP contribution in [-0.4, -0.2) is 23.0 Å². The number of hydrogen-bond donors (Lipinski definition) is 2. The Balaban J connectivity index is 0.00000162. The zero-order valence-electron chi connectivity index (χ0n) is 9.97. The molecule has 1 aromatic carbocycles. The molecule has 1 aromatic rings. The summed E-state index contributed by atoms with van der Waals surface area (Å²) in [6.07, 6.45) is 0. The number of hydrogen-bond acceptors (Lipinski definition) is 5. The largest absolute Gasteiger partial charge is 0.452 e. The van der Waals surface area contributed by atoms with Crippen molar-refractivity contribution in [3.05, 3.63) is 35.4 Å². The Hall–Kier alpha value is -1.43. The van der Waals surface area contributed by atoms with Gasteiger partial charge in [-0.3, -0.25) is 9.59 Å². The molecule has 2 unspecified atom stereocenters. The van der Waals surface area contributed by atoms with Crippen LogP contribution in [0.4, 0.5) is 0 Å². The molecule has 0 bridgehead atoms. The number of halogens is 1. The van der Waals surface area contributed by atoms with Gasteiger partial charge in [-0.2, -0.15) is 5.48 Å². The summed E-state index contributed by atoms with van der Waals surface area (Å²) in [6.45, 7) is 2.87.